The van der Waals surface area contributed by atoms with Gasteiger partial charge < -0.3 is 9.84 Å². The molecule has 0 saturated heterocycles. The summed E-state index contributed by atoms with van der Waals surface area (Å²) >= 11 is 0. The number of hydrogen-bond acceptors (Lipinski definition) is 3. The van der Waals surface area contributed by atoms with Crippen LogP contribution in [0.3, 0.4) is 0 Å². The second kappa shape index (κ2) is 2.83. The zero-order chi connectivity index (χ0) is 9.26. The number of benzene rings is 1. The second-order valence-corrected chi connectivity index (χ2v) is 2.79. The molecule has 1 aromatic rings. The summed E-state index contributed by atoms with van der Waals surface area (Å²) in [5, 5.41) is 17.8. The van der Waals surface area contributed by atoms with Gasteiger partial charge in [0, 0.05) is 11.6 Å². The van der Waals surface area contributed by atoms with Gasteiger partial charge in [0.05, 0.1) is 11.6 Å². The van der Waals surface area contributed by atoms with Crippen molar-refractivity contribution < 1.29 is 9.84 Å². The number of ether oxygens (including phenoxy) is 1. The van der Waals surface area contributed by atoms with Gasteiger partial charge in [-0.3, -0.25) is 0 Å². The molecule has 0 fully saturated rings. The quantitative estimate of drug-likeness (QED) is 0.649. The van der Waals surface area contributed by atoms with Gasteiger partial charge in [-0.25, -0.2) is 0 Å². The van der Waals surface area contributed by atoms with Gasteiger partial charge >= 0.3 is 0 Å². The van der Waals surface area contributed by atoms with Gasteiger partial charge in [0.15, 0.2) is 0 Å². The van der Waals surface area contributed by atoms with Gasteiger partial charge in [-0.15, -0.1) is 0 Å². The van der Waals surface area contributed by atoms with E-state index in [0.29, 0.717) is 11.3 Å². The predicted octanol–water partition coefficient (Wildman–Crippen LogP) is 1.69. The monoisotopic (exact) mass is 173 g/mol. The Morgan fingerprint density at radius 3 is 3.08 bits per heavy atom. The Hall–Kier alpha value is -1.95. The Morgan fingerprint density at radius 2 is 2.31 bits per heavy atom. The molecular weight excluding hydrogens is 166 g/mol. The first-order valence-corrected chi connectivity index (χ1v) is 3.86. The molecule has 0 saturated carbocycles. The molecule has 0 bridgehead atoms. The lowest BCUT2D eigenvalue weighted by molar-refractivity contribution is 0.348. The van der Waals surface area contributed by atoms with Crippen molar-refractivity contribution in [1.82, 2.24) is 0 Å². The van der Waals surface area contributed by atoms with Crippen LogP contribution in [0.2, 0.25) is 0 Å². The zero-order valence-corrected chi connectivity index (χ0v) is 6.82. The number of phenols is 1. The lowest BCUT2D eigenvalue weighted by Crippen LogP contribution is -2.05. The van der Waals surface area contributed by atoms with Crippen molar-refractivity contribution in [2.75, 3.05) is 6.61 Å². The van der Waals surface area contributed by atoms with Gasteiger partial charge in [0.25, 0.3) is 0 Å². The average Bonchev–Trinajstić information content (AvgIpc) is 2.17. The molecule has 2 rings (SSSR count). The molecule has 3 heteroatoms. The molecule has 1 aromatic carbocycles. The van der Waals surface area contributed by atoms with E-state index in [4.69, 9.17) is 15.1 Å². The maximum absolute atomic E-state index is 9.15. The van der Waals surface area contributed by atoms with E-state index in [2.05, 4.69) is 0 Å². The maximum Gasteiger partial charge on any atom is 0.130 e. The number of rotatable bonds is 0. The van der Waals surface area contributed by atoms with Crippen LogP contribution < -0.4 is 4.74 Å². The third-order valence-corrected chi connectivity index (χ3v) is 1.85. The number of aromatic hydroxyl groups is 1. The lowest BCUT2D eigenvalue weighted by Gasteiger charge is -2.13. The fourth-order valence-corrected chi connectivity index (χ4v) is 1.22. The minimum atomic E-state index is 0.174. The molecule has 64 valence electrons. The maximum atomic E-state index is 9.15. The molecule has 1 aliphatic heterocycles. The molecule has 13 heavy (non-hydrogen) atoms. The number of fused-ring (bicyclic) bond motifs is 1. The van der Waals surface area contributed by atoms with Crippen molar-refractivity contribution in [3.63, 3.8) is 0 Å². The van der Waals surface area contributed by atoms with Gasteiger partial charge in [0.2, 0.25) is 0 Å². The molecule has 0 aromatic heterocycles. The molecule has 1 N–H and O–H groups in total. The van der Waals surface area contributed by atoms with Gasteiger partial charge in [-0.2, -0.15) is 5.26 Å². The summed E-state index contributed by atoms with van der Waals surface area (Å²) < 4.78 is 5.26. The van der Waals surface area contributed by atoms with Crippen LogP contribution in [0.15, 0.2) is 23.8 Å². The number of nitrogens with zero attached hydrogens (tertiary/aromatic N) is 1. The van der Waals surface area contributed by atoms with E-state index >= 15 is 0 Å². The van der Waals surface area contributed by atoms with Crippen molar-refractivity contribution in [2.45, 2.75) is 0 Å². The molecular formula is C10H7NO2. The predicted molar refractivity (Wildman–Crippen MR) is 47.2 cm³/mol. The average molecular weight is 173 g/mol. The van der Waals surface area contributed by atoms with Crippen LogP contribution in [0.1, 0.15) is 5.56 Å². The normalized spacial score (nSPS) is 13.6. The summed E-state index contributed by atoms with van der Waals surface area (Å²) in [6.45, 7) is 0.285. The van der Waals surface area contributed by atoms with Crippen LogP contribution >= 0.6 is 0 Å². The fourth-order valence-electron chi connectivity index (χ4n) is 1.22. The summed E-state index contributed by atoms with van der Waals surface area (Å²) in [6, 6.07) is 6.87. The zero-order valence-electron chi connectivity index (χ0n) is 6.82. The van der Waals surface area contributed by atoms with Crippen LogP contribution in [-0.4, -0.2) is 11.7 Å². The number of hydrogen-bond donors (Lipinski definition) is 1. The van der Waals surface area contributed by atoms with Crippen LogP contribution in [0.25, 0.3) is 6.08 Å². The molecule has 1 aliphatic rings. The van der Waals surface area contributed by atoms with Crippen LogP contribution in [-0.2, 0) is 0 Å². The molecule has 0 unspecified atom stereocenters. The van der Waals surface area contributed by atoms with E-state index in [0.717, 1.165) is 5.56 Å². The van der Waals surface area contributed by atoms with Gasteiger partial charge in [-0.1, -0.05) is 0 Å². The van der Waals surface area contributed by atoms with Crippen LogP contribution in [0.5, 0.6) is 11.5 Å². The van der Waals surface area contributed by atoms with E-state index in [9.17, 15) is 0 Å². The molecule has 0 aliphatic carbocycles. The van der Waals surface area contributed by atoms with Crippen molar-refractivity contribution in [3.05, 3.63) is 29.3 Å². The molecule has 0 spiro atoms. The number of nitriles is 1. The highest BCUT2D eigenvalue weighted by atomic mass is 16.5. The van der Waals surface area contributed by atoms with E-state index in [1.165, 1.54) is 0 Å². The highest BCUT2D eigenvalue weighted by Gasteiger charge is 2.10. The third kappa shape index (κ3) is 1.34. The highest BCUT2D eigenvalue weighted by Crippen LogP contribution is 2.29. The first-order valence-electron chi connectivity index (χ1n) is 3.86. The first-order chi connectivity index (χ1) is 6.29. The van der Waals surface area contributed by atoms with Crippen molar-refractivity contribution >= 4 is 6.08 Å². The number of phenolic OH excluding ortho intramolecular Hbond substituents is 1. The Balaban J connectivity index is 2.50. The van der Waals surface area contributed by atoms with E-state index in [1.54, 1.807) is 24.3 Å². The highest BCUT2D eigenvalue weighted by molar-refractivity contribution is 5.66. The van der Waals surface area contributed by atoms with Crippen LogP contribution in [0, 0.1) is 11.3 Å². The summed E-state index contributed by atoms with van der Waals surface area (Å²) in [4.78, 5) is 0. The van der Waals surface area contributed by atoms with Crippen molar-refractivity contribution in [2.24, 2.45) is 0 Å². The lowest BCUT2D eigenvalue weighted by atomic mass is 10.1. The SMILES string of the molecule is N#CC1=Cc2ccc(O)cc2OC1. The second-order valence-electron chi connectivity index (χ2n) is 2.79. The summed E-state index contributed by atoms with van der Waals surface area (Å²) in [5.74, 6) is 0.798. The Morgan fingerprint density at radius 1 is 1.46 bits per heavy atom. The summed E-state index contributed by atoms with van der Waals surface area (Å²) in [7, 11) is 0. The van der Waals surface area contributed by atoms with E-state index in [-0.39, 0.29) is 12.4 Å². The molecule has 0 amide bonds. The van der Waals surface area contributed by atoms with E-state index < -0.39 is 0 Å². The molecule has 0 radical (unpaired) electrons. The Labute approximate surface area is 75.5 Å². The summed E-state index contributed by atoms with van der Waals surface area (Å²) in [5.41, 5.74) is 1.43. The largest absolute Gasteiger partial charge is 0.508 e. The van der Waals surface area contributed by atoms with Crippen molar-refractivity contribution in [1.29, 1.82) is 5.26 Å². The van der Waals surface area contributed by atoms with Crippen LogP contribution in [0.4, 0.5) is 0 Å². The smallest absolute Gasteiger partial charge is 0.130 e. The minimum absolute atomic E-state index is 0.174. The Kier molecular flexibility index (Phi) is 1.67. The summed E-state index contributed by atoms with van der Waals surface area (Å²) in [6.07, 6.45) is 1.76. The topological polar surface area (TPSA) is 53.2 Å². The standard InChI is InChI=1S/C10H7NO2/c11-5-7-3-8-1-2-9(12)4-10(8)13-6-7/h1-4,12H,6H2. The van der Waals surface area contributed by atoms with Crippen molar-refractivity contribution in [3.8, 4) is 17.6 Å². The van der Waals surface area contributed by atoms with Gasteiger partial charge in [-0.05, 0) is 18.2 Å². The molecule has 3 nitrogen and oxygen atoms in total. The Bertz CT molecular complexity index is 415. The minimum Gasteiger partial charge on any atom is -0.508 e. The first kappa shape index (κ1) is 7.69. The van der Waals surface area contributed by atoms with Gasteiger partial charge in [0.1, 0.15) is 18.1 Å². The molecule has 0 atom stereocenters. The fraction of sp³-hybridized carbons (Fsp3) is 0.100. The molecule has 1 heterocycles. The third-order valence-electron chi connectivity index (χ3n) is 1.85. The van der Waals surface area contributed by atoms with E-state index in [1.807, 2.05) is 6.07 Å².